The van der Waals surface area contributed by atoms with Gasteiger partial charge in [-0.3, -0.25) is 0 Å². The van der Waals surface area contributed by atoms with Crippen LogP contribution in [0.1, 0.15) is 0 Å². The zero-order valence-electron chi connectivity index (χ0n) is 26.1. The van der Waals surface area contributed by atoms with Crippen molar-refractivity contribution in [2.24, 2.45) is 0 Å². The van der Waals surface area contributed by atoms with Crippen molar-refractivity contribution in [3.05, 3.63) is 91.0 Å². The van der Waals surface area contributed by atoms with Crippen molar-refractivity contribution in [1.29, 1.82) is 0 Å². The van der Waals surface area contributed by atoms with Gasteiger partial charge in [0.15, 0.2) is 14.7 Å². The van der Waals surface area contributed by atoms with E-state index in [1.54, 1.807) is 0 Å². The Morgan fingerprint density at radius 1 is 0.339 bits per heavy atom. The fraction of sp³-hybridized carbons (Fsp3) is 0.367. The zero-order valence-corrected chi connectivity index (χ0v) is 26.9. The number of rotatable bonds is 13. The maximum absolute atomic E-state index is 13.3. The summed E-state index contributed by atoms with van der Waals surface area (Å²) in [6, 6.07) is 32.2. The van der Waals surface area contributed by atoms with E-state index in [1.807, 2.05) is 0 Å². The molecule has 0 atom stereocenters. The molecule has 26 heteroatoms. The maximum Gasteiger partial charge on any atom is 0.460 e. The second-order valence-corrected chi connectivity index (χ2v) is 12.8. The standard InChI is InChI=1S/C18H15S.C12HF23O2/c1-4-10-16(11-5-1)19(17-12-6-2-7-13-17)18-14-8-3-9-15-18;13-2(14,1(36)37)3(15,16)4(17,18)5(19,20)6(21,22)7(23,24)8(25,26)9(27,28)10(29,30)11(31,32)12(33,34)35/h1-15H;(H,36,37)/q+1;/p-1. The summed E-state index contributed by atoms with van der Waals surface area (Å²) in [5, 5.41) is 9.74. The second-order valence-electron chi connectivity index (χ2n) is 10.8. The quantitative estimate of drug-likeness (QED) is 0.127. The van der Waals surface area contributed by atoms with Gasteiger partial charge < -0.3 is 9.90 Å². The molecule has 3 rings (SSSR count). The normalized spacial score (nSPS) is 14.6. The Morgan fingerprint density at radius 2 is 0.536 bits per heavy atom. The molecule has 0 N–H and O–H groups in total. The van der Waals surface area contributed by atoms with Crippen LogP contribution in [0.3, 0.4) is 0 Å². The Bertz CT molecular complexity index is 1690. The number of benzene rings is 3. The first-order chi connectivity index (χ1) is 24.9. The van der Waals surface area contributed by atoms with Gasteiger partial charge in [-0.15, -0.1) is 0 Å². The van der Waals surface area contributed by atoms with Crippen LogP contribution in [0, 0.1) is 0 Å². The summed E-state index contributed by atoms with van der Waals surface area (Å²) in [5.41, 5.74) is 0. The molecular weight excluding hydrogens is 861 g/mol. The lowest BCUT2D eigenvalue weighted by Crippen LogP contribution is -2.78. The third-order valence-corrected chi connectivity index (χ3v) is 9.33. The predicted molar refractivity (Wildman–Crippen MR) is 142 cm³/mol. The van der Waals surface area contributed by atoms with E-state index in [9.17, 15) is 111 Å². The highest BCUT2D eigenvalue weighted by Gasteiger charge is 2.98. The Kier molecular flexibility index (Phi) is 12.9. The number of hydrogen-bond donors (Lipinski definition) is 0. The highest BCUT2D eigenvalue weighted by molar-refractivity contribution is 7.97. The molecule has 0 aliphatic rings. The van der Waals surface area contributed by atoms with Crippen LogP contribution in [0.2, 0.25) is 0 Å². The first-order valence-corrected chi connectivity index (χ1v) is 15.1. The van der Waals surface area contributed by atoms with Crippen LogP contribution in [0.15, 0.2) is 106 Å². The van der Waals surface area contributed by atoms with Gasteiger partial charge >= 0.3 is 65.4 Å². The summed E-state index contributed by atoms with van der Waals surface area (Å²) in [5.74, 6) is -95.1. The van der Waals surface area contributed by atoms with Gasteiger partial charge in [-0.25, -0.2) is 0 Å². The summed E-state index contributed by atoms with van der Waals surface area (Å²) >= 11 is 0. The molecule has 0 fully saturated rings. The molecule has 314 valence electrons. The summed E-state index contributed by atoms with van der Waals surface area (Å²) in [6.07, 6.45) is -8.14. The lowest BCUT2D eigenvalue weighted by molar-refractivity contribution is -0.479. The summed E-state index contributed by atoms with van der Waals surface area (Å²) in [7, 11) is -0.0146. The lowest BCUT2D eigenvalue weighted by Gasteiger charge is -2.45. The Hall–Kier alpha value is -4.13. The van der Waals surface area contributed by atoms with Crippen molar-refractivity contribution in [3.8, 4) is 0 Å². The van der Waals surface area contributed by atoms with Crippen molar-refractivity contribution in [3.63, 3.8) is 0 Å². The van der Waals surface area contributed by atoms with E-state index in [0.29, 0.717) is 0 Å². The largest absolute Gasteiger partial charge is 0.544 e. The number of hydrogen-bond acceptors (Lipinski definition) is 2. The molecule has 0 aromatic heterocycles. The number of carbonyl (C=O) groups is 1. The van der Waals surface area contributed by atoms with E-state index in [2.05, 4.69) is 91.0 Å². The lowest BCUT2D eigenvalue weighted by atomic mass is 9.85. The topological polar surface area (TPSA) is 40.1 Å². The van der Waals surface area contributed by atoms with E-state index in [0.717, 1.165) is 0 Å². The average Bonchev–Trinajstić information content (AvgIpc) is 3.08. The molecule has 0 spiro atoms. The second kappa shape index (κ2) is 15.0. The highest BCUT2D eigenvalue weighted by Crippen LogP contribution is 2.67. The molecular formula is C30H15F23O2S. The average molecular weight is 876 g/mol. The fourth-order valence-corrected chi connectivity index (χ4v) is 6.07. The minimum absolute atomic E-state index is 0.0146. The molecule has 0 radical (unpaired) electrons. The van der Waals surface area contributed by atoms with Crippen molar-refractivity contribution in [1.82, 2.24) is 0 Å². The van der Waals surface area contributed by atoms with Crippen molar-refractivity contribution < 1.29 is 111 Å². The van der Waals surface area contributed by atoms with Crippen LogP contribution in [-0.4, -0.2) is 71.4 Å². The number of carbonyl (C=O) groups excluding carboxylic acids is 1. The van der Waals surface area contributed by atoms with E-state index in [4.69, 9.17) is 0 Å². The molecule has 0 heterocycles. The minimum Gasteiger partial charge on any atom is -0.544 e. The third-order valence-electron chi connectivity index (χ3n) is 7.10. The molecule has 0 saturated heterocycles. The molecule has 0 bridgehead atoms. The molecule has 0 amide bonds. The summed E-state index contributed by atoms with van der Waals surface area (Å²) in [6.45, 7) is 0. The molecule has 3 aromatic rings. The molecule has 0 aliphatic carbocycles. The van der Waals surface area contributed by atoms with Gasteiger partial charge in [0.05, 0.1) is 10.9 Å². The van der Waals surface area contributed by atoms with Crippen LogP contribution in [0.5, 0.6) is 0 Å². The van der Waals surface area contributed by atoms with Crippen LogP contribution >= 0.6 is 0 Å². The third kappa shape index (κ3) is 7.28. The molecule has 0 unspecified atom stereocenters. The molecule has 0 aliphatic heterocycles. The number of alkyl halides is 23. The SMILES string of the molecule is O=C([O-])C(F)(F)C(F)(F)C(F)(F)C(F)(F)C(F)(F)C(F)(F)C(F)(F)C(F)(F)C(F)(F)C(F)(F)C(F)(F)F.c1ccc([S+](c2ccccc2)c2ccccc2)cc1. The number of aliphatic carboxylic acids is 1. The smallest absolute Gasteiger partial charge is 0.460 e. The molecule has 2 nitrogen and oxygen atoms in total. The van der Waals surface area contributed by atoms with Crippen LogP contribution in [-0.2, 0) is 15.7 Å². The van der Waals surface area contributed by atoms with Gasteiger partial charge in [-0.05, 0) is 36.4 Å². The van der Waals surface area contributed by atoms with Crippen LogP contribution in [0.25, 0.3) is 0 Å². The predicted octanol–water partition coefficient (Wildman–Crippen LogP) is 10.4. The van der Waals surface area contributed by atoms with Gasteiger partial charge in [0.2, 0.25) is 0 Å². The van der Waals surface area contributed by atoms with E-state index in [1.165, 1.54) is 14.7 Å². The van der Waals surface area contributed by atoms with Crippen LogP contribution in [0.4, 0.5) is 101 Å². The van der Waals surface area contributed by atoms with Gasteiger partial charge in [-0.1, -0.05) is 54.6 Å². The Balaban J connectivity index is 0.000000468. The summed E-state index contributed by atoms with van der Waals surface area (Å²) in [4.78, 5) is 13.8. The monoisotopic (exact) mass is 876 g/mol. The number of carboxylic acids is 1. The van der Waals surface area contributed by atoms with Crippen molar-refractivity contribution in [2.45, 2.75) is 80.1 Å². The molecule has 56 heavy (non-hydrogen) atoms. The first kappa shape index (κ1) is 48.0. The summed E-state index contributed by atoms with van der Waals surface area (Å²) < 4.78 is 297. The first-order valence-electron chi connectivity index (χ1n) is 13.8. The van der Waals surface area contributed by atoms with Gasteiger partial charge in [0, 0.05) is 0 Å². The minimum atomic E-state index is -9.52. The van der Waals surface area contributed by atoms with Crippen molar-refractivity contribution in [2.75, 3.05) is 0 Å². The van der Waals surface area contributed by atoms with Gasteiger partial charge in [0.25, 0.3) is 0 Å². The number of halogens is 23. The van der Waals surface area contributed by atoms with Crippen LogP contribution < -0.4 is 5.11 Å². The highest BCUT2D eigenvalue weighted by atomic mass is 32.2. The van der Waals surface area contributed by atoms with E-state index in [-0.39, 0.29) is 10.9 Å². The molecule has 0 saturated carbocycles. The Morgan fingerprint density at radius 3 is 0.732 bits per heavy atom. The fourth-order valence-electron chi connectivity index (χ4n) is 3.96. The maximum atomic E-state index is 13.3. The van der Waals surface area contributed by atoms with Gasteiger partial charge in [0.1, 0.15) is 5.97 Å². The zero-order chi connectivity index (χ0) is 44.0. The van der Waals surface area contributed by atoms with Gasteiger partial charge in [-0.2, -0.15) is 101 Å². The molecule has 3 aromatic carbocycles. The van der Waals surface area contributed by atoms with E-state index >= 15 is 0 Å². The van der Waals surface area contributed by atoms with Crippen molar-refractivity contribution >= 4 is 16.9 Å². The Labute approximate surface area is 299 Å². The van der Waals surface area contributed by atoms with E-state index < -0.39 is 71.4 Å². The number of carboxylic acid groups (broad SMARTS) is 1.